The Morgan fingerprint density at radius 1 is 0.675 bits per heavy atom. The molecular weight excluding hydrogens is 1080 g/mol. The summed E-state index contributed by atoms with van der Waals surface area (Å²) in [4.78, 5) is 68.1. The van der Waals surface area contributed by atoms with Gasteiger partial charge in [0.1, 0.15) is 11.4 Å². The molecule has 4 aromatic carbocycles. The van der Waals surface area contributed by atoms with Crippen LogP contribution in [0.15, 0.2) is 97.7 Å². The number of imidazole rings is 3. The smallest absolute Gasteiger partial charge is 0.395 e. The van der Waals surface area contributed by atoms with Crippen LogP contribution in [-0.2, 0) is 33.0 Å². The number of amides is 4. The van der Waals surface area contributed by atoms with E-state index in [0.717, 1.165) is 29.3 Å². The van der Waals surface area contributed by atoms with E-state index in [-0.39, 0.29) is 64.5 Å². The standard InChI is InChI=1S/C30H30F3N7O2.C29H31F3N6O3/c1-19-6-7-22(12-21(19)8-9-25-16-35-27(39(25)5)29(42)34-10-11-38(3)4)28(41)37-24-13-23(30(31,32)33)14-26(15-24)40-17-20(2)36-18-40;1-19-3-4-21(15-20(19)6-8-24-17-34-27(26(33)40)36(24)2)28(41)35-23-7-5-22(25(16-23)29(30,31)32)18-38-11-9-37(10-12-38)13-14-39/h6-7,12-18H,10-11H2,1-5H3,(H,34,42)(H,37,41);3-5,7,15-17,39H,9-14,18H2,1-2H3,(H2,33,40)(H,35,41). The summed E-state index contributed by atoms with van der Waals surface area (Å²) in [5, 5.41) is 17.0. The molecule has 8 rings (SSSR count). The van der Waals surface area contributed by atoms with E-state index in [9.17, 15) is 45.5 Å². The Labute approximate surface area is 475 Å². The van der Waals surface area contributed by atoms with Crippen LogP contribution in [0.5, 0.6) is 0 Å². The molecule has 3 aromatic heterocycles. The van der Waals surface area contributed by atoms with Crippen LogP contribution < -0.4 is 21.7 Å². The summed E-state index contributed by atoms with van der Waals surface area (Å²) in [6, 6.07) is 16.8. The van der Waals surface area contributed by atoms with E-state index in [1.54, 1.807) is 68.2 Å². The number of aryl methyl sites for hydroxylation is 3. The summed E-state index contributed by atoms with van der Waals surface area (Å²) in [7, 11) is 7.11. The number of nitrogens with two attached hydrogens (primary N) is 1. The van der Waals surface area contributed by atoms with Crippen molar-refractivity contribution in [2.75, 3.05) is 77.1 Å². The number of aliphatic hydroxyl groups is 1. The molecule has 0 spiro atoms. The van der Waals surface area contributed by atoms with Gasteiger partial charge in [0.25, 0.3) is 23.6 Å². The molecule has 1 aliphatic rings. The molecule has 0 unspecified atom stereocenters. The van der Waals surface area contributed by atoms with Gasteiger partial charge in [-0.2, -0.15) is 26.3 Å². The molecular formula is C59H61F6N13O5. The maximum atomic E-state index is 14.0. The van der Waals surface area contributed by atoms with Gasteiger partial charge in [-0.3, -0.25) is 29.0 Å². The largest absolute Gasteiger partial charge is 0.416 e. The number of primary amides is 1. The number of alkyl halides is 6. The van der Waals surface area contributed by atoms with Crippen molar-refractivity contribution >= 4 is 35.0 Å². The first-order chi connectivity index (χ1) is 39.3. The minimum atomic E-state index is -4.61. The van der Waals surface area contributed by atoms with E-state index in [0.29, 0.717) is 74.0 Å². The predicted molar refractivity (Wildman–Crippen MR) is 300 cm³/mol. The molecule has 83 heavy (non-hydrogen) atoms. The quantitative estimate of drug-likeness (QED) is 0.0565. The Morgan fingerprint density at radius 3 is 1.76 bits per heavy atom. The molecule has 24 heteroatoms. The minimum absolute atomic E-state index is 0.0179. The van der Waals surface area contributed by atoms with Crippen LogP contribution in [0.2, 0.25) is 0 Å². The second-order valence-corrected chi connectivity index (χ2v) is 19.8. The highest BCUT2D eigenvalue weighted by molar-refractivity contribution is 6.05. The van der Waals surface area contributed by atoms with Gasteiger partial charge in [-0.05, 0) is 118 Å². The van der Waals surface area contributed by atoms with Crippen molar-refractivity contribution in [1.82, 2.24) is 48.7 Å². The molecule has 4 heterocycles. The topological polar surface area (TPSA) is 214 Å². The number of likely N-dealkylation sites (N-methyl/N-ethyl adjacent to an activating group) is 1. The number of carbonyl (C=O) groups is 4. The van der Waals surface area contributed by atoms with Crippen LogP contribution in [0.1, 0.15) is 98.0 Å². The average molecular weight is 1150 g/mol. The van der Waals surface area contributed by atoms with Gasteiger partial charge in [-0.25, -0.2) is 15.0 Å². The highest BCUT2D eigenvalue weighted by Crippen LogP contribution is 2.36. The number of anilines is 2. The molecule has 0 bridgehead atoms. The first kappa shape index (κ1) is 61.5. The van der Waals surface area contributed by atoms with Gasteiger partial charge in [0.05, 0.1) is 42.1 Å². The molecule has 7 aromatic rings. The molecule has 18 nitrogen and oxygen atoms in total. The third-order valence-corrected chi connectivity index (χ3v) is 13.4. The highest BCUT2D eigenvalue weighted by Gasteiger charge is 2.35. The fourth-order valence-corrected chi connectivity index (χ4v) is 8.60. The number of carbonyl (C=O) groups excluding carboxylic acids is 4. The van der Waals surface area contributed by atoms with Gasteiger partial charge in [0.15, 0.2) is 11.6 Å². The Balaban J connectivity index is 0.000000239. The normalized spacial score (nSPS) is 12.8. The zero-order valence-electron chi connectivity index (χ0n) is 46.6. The number of nitrogens with zero attached hydrogens (tertiary/aromatic N) is 9. The number of nitrogens with one attached hydrogen (secondary N) is 3. The number of β-amino-alcohol motifs (C(OH)–C–C–N with tert-alkyl or cyclic N) is 1. The zero-order valence-corrected chi connectivity index (χ0v) is 46.6. The molecule has 434 valence electrons. The lowest BCUT2D eigenvalue weighted by Gasteiger charge is -2.34. The summed E-state index contributed by atoms with van der Waals surface area (Å²) in [5.41, 5.74) is 8.60. The summed E-state index contributed by atoms with van der Waals surface area (Å²) in [5.74, 6) is 9.95. The van der Waals surface area contributed by atoms with Gasteiger partial charge >= 0.3 is 12.4 Å². The van der Waals surface area contributed by atoms with Crippen LogP contribution >= 0.6 is 0 Å². The van der Waals surface area contributed by atoms with Crippen LogP contribution in [-0.4, -0.2) is 139 Å². The van der Waals surface area contributed by atoms with E-state index in [1.165, 1.54) is 46.1 Å². The zero-order chi connectivity index (χ0) is 60.3. The number of hydrogen-bond acceptors (Lipinski definition) is 11. The van der Waals surface area contributed by atoms with E-state index >= 15 is 0 Å². The molecule has 1 saturated heterocycles. The van der Waals surface area contributed by atoms with Gasteiger partial charge < -0.3 is 45.4 Å². The SMILES string of the molecule is Cc1ccc(C(=O)Nc2ccc(CN3CCN(CCO)CC3)c(C(F)(F)F)c2)cc1C#Cc1cnc(C(N)=O)n1C.Cc1cn(-c2cc(NC(=O)c3ccc(C)c(C#Cc4cnc(C(=O)NCCN(C)C)n4C)c3)cc(C(F)(F)F)c2)cn1. The molecule has 1 fully saturated rings. The van der Waals surface area contributed by atoms with E-state index in [2.05, 4.69) is 59.5 Å². The van der Waals surface area contributed by atoms with Crippen LogP contribution in [0.4, 0.5) is 37.7 Å². The maximum Gasteiger partial charge on any atom is 0.416 e. The summed E-state index contributed by atoms with van der Waals surface area (Å²) in [6.45, 7) is 9.79. The average Bonchev–Trinajstić information content (AvgIpc) is 4.33. The van der Waals surface area contributed by atoms with Gasteiger partial charge in [0.2, 0.25) is 0 Å². The number of hydrogen-bond donors (Lipinski definition) is 5. The molecule has 6 N–H and O–H groups in total. The Bertz CT molecular complexity index is 3660. The number of aliphatic hydroxyl groups excluding tert-OH is 1. The third kappa shape index (κ3) is 16.3. The molecule has 0 aliphatic carbocycles. The van der Waals surface area contributed by atoms with E-state index in [4.69, 9.17) is 10.8 Å². The fourth-order valence-electron chi connectivity index (χ4n) is 8.60. The first-order valence-corrected chi connectivity index (χ1v) is 25.9. The van der Waals surface area contributed by atoms with Crippen molar-refractivity contribution in [1.29, 1.82) is 0 Å². The summed E-state index contributed by atoms with van der Waals surface area (Å²) in [6.07, 6.45) is -3.30. The lowest BCUT2D eigenvalue weighted by atomic mass is 10.0. The number of piperazine rings is 1. The number of halogens is 6. The number of benzene rings is 4. The number of aromatic nitrogens is 6. The first-order valence-electron chi connectivity index (χ1n) is 25.9. The molecule has 1 aliphatic heterocycles. The molecule has 4 amide bonds. The Morgan fingerprint density at radius 2 is 1.24 bits per heavy atom. The van der Waals surface area contributed by atoms with Crippen molar-refractivity contribution in [3.8, 4) is 29.4 Å². The lowest BCUT2D eigenvalue weighted by molar-refractivity contribution is -0.139. The monoisotopic (exact) mass is 1150 g/mol. The van der Waals surface area contributed by atoms with Crippen molar-refractivity contribution in [2.45, 2.75) is 39.7 Å². The van der Waals surface area contributed by atoms with E-state index < -0.39 is 41.2 Å². The van der Waals surface area contributed by atoms with Crippen molar-refractivity contribution in [3.05, 3.63) is 177 Å². The second-order valence-electron chi connectivity index (χ2n) is 19.8. The summed E-state index contributed by atoms with van der Waals surface area (Å²) < 4.78 is 87.3. The third-order valence-electron chi connectivity index (χ3n) is 13.4. The molecule has 0 atom stereocenters. The van der Waals surface area contributed by atoms with Gasteiger partial charge in [-0.1, -0.05) is 30.0 Å². The summed E-state index contributed by atoms with van der Waals surface area (Å²) >= 11 is 0. The van der Waals surface area contributed by atoms with Gasteiger partial charge in [0, 0.05) is 112 Å². The maximum absolute atomic E-state index is 14.0. The molecule has 0 saturated carbocycles. The Kier molecular flexibility index (Phi) is 19.8. The Hall–Kier alpha value is -9.07. The minimum Gasteiger partial charge on any atom is -0.395 e. The van der Waals surface area contributed by atoms with E-state index in [1.807, 2.05) is 37.7 Å². The van der Waals surface area contributed by atoms with Crippen molar-refractivity contribution < 1.29 is 50.6 Å². The van der Waals surface area contributed by atoms with Crippen LogP contribution in [0.25, 0.3) is 5.69 Å². The van der Waals surface area contributed by atoms with Crippen LogP contribution in [0, 0.1) is 44.5 Å². The fraction of sp³-hybridized carbons (Fsp3) is 0.305. The molecule has 0 radical (unpaired) electrons. The lowest BCUT2D eigenvalue weighted by Crippen LogP contribution is -2.46. The van der Waals surface area contributed by atoms with Crippen molar-refractivity contribution in [3.63, 3.8) is 0 Å². The highest BCUT2D eigenvalue weighted by atomic mass is 19.4. The second kappa shape index (κ2) is 26.7. The number of rotatable bonds is 14. The van der Waals surface area contributed by atoms with Crippen LogP contribution in [0.3, 0.4) is 0 Å². The van der Waals surface area contributed by atoms with Gasteiger partial charge in [-0.15, -0.1) is 0 Å². The van der Waals surface area contributed by atoms with Crippen molar-refractivity contribution in [2.24, 2.45) is 19.8 Å². The predicted octanol–water partition coefficient (Wildman–Crippen LogP) is 6.79.